The molecular weight excluding hydrogens is 428 g/mol. The second kappa shape index (κ2) is 10.6. The summed E-state index contributed by atoms with van der Waals surface area (Å²) in [6.07, 6.45) is -0.962. The number of esters is 1. The van der Waals surface area contributed by atoms with E-state index in [1.54, 1.807) is 6.92 Å². The molecule has 2 amide bonds. The lowest BCUT2D eigenvalue weighted by Gasteiger charge is -2.19. The van der Waals surface area contributed by atoms with Crippen LogP contribution < -0.4 is 10.6 Å². The van der Waals surface area contributed by atoms with E-state index in [1.807, 2.05) is 48.5 Å². The molecule has 2 atom stereocenters. The molecule has 2 aromatic carbocycles. The summed E-state index contributed by atoms with van der Waals surface area (Å²) < 4.78 is 10.2. The molecule has 1 aliphatic carbocycles. The van der Waals surface area contributed by atoms with Gasteiger partial charge in [0.25, 0.3) is 5.91 Å². The highest BCUT2D eigenvalue weighted by Gasteiger charge is 2.33. The number of ether oxygens (including phenoxy) is 2. The van der Waals surface area contributed by atoms with Gasteiger partial charge in [-0.1, -0.05) is 55.5 Å². The molecular formula is C24H26N2O7. The molecule has 2 unspecified atom stereocenters. The van der Waals surface area contributed by atoms with Gasteiger partial charge >= 0.3 is 18.0 Å². The number of carbonyl (C=O) groups is 4. The molecule has 2 aromatic rings. The molecule has 9 heteroatoms. The zero-order chi connectivity index (χ0) is 24.0. The highest BCUT2D eigenvalue weighted by atomic mass is 16.6. The van der Waals surface area contributed by atoms with Crippen molar-refractivity contribution in [3.63, 3.8) is 0 Å². The minimum absolute atomic E-state index is 0.000508. The lowest BCUT2D eigenvalue weighted by molar-refractivity contribution is -0.149. The summed E-state index contributed by atoms with van der Waals surface area (Å²) in [6, 6.07) is 14.0. The van der Waals surface area contributed by atoms with Gasteiger partial charge in [0, 0.05) is 12.5 Å². The summed E-state index contributed by atoms with van der Waals surface area (Å²) >= 11 is 0. The molecule has 0 fully saturated rings. The van der Waals surface area contributed by atoms with E-state index in [4.69, 9.17) is 14.6 Å². The average molecular weight is 454 g/mol. The van der Waals surface area contributed by atoms with E-state index in [9.17, 15) is 19.2 Å². The van der Waals surface area contributed by atoms with Crippen molar-refractivity contribution in [1.29, 1.82) is 0 Å². The van der Waals surface area contributed by atoms with Crippen LogP contribution in [0.5, 0.6) is 0 Å². The number of carboxylic acids is 1. The highest BCUT2D eigenvalue weighted by molar-refractivity contribution is 6.04. The topological polar surface area (TPSA) is 131 Å². The van der Waals surface area contributed by atoms with E-state index in [-0.39, 0.29) is 25.7 Å². The van der Waals surface area contributed by atoms with Crippen molar-refractivity contribution in [2.24, 2.45) is 5.92 Å². The van der Waals surface area contributed by atoms with Crippen molar-refractivity contribution in [1.82, 2.24) is 10.6 Å². The smallest absolute Gasteiger partial charge is 0.408 e. The Kier molecular flexibility index (Phi) is 7.66. The molecule has 3 rings (SSSR count). The highest BCUT2D eigenvalue weighted by Crippen LogP contribution is 2.44. The lowest BCUT2D eigenvalue weighted by atomic mass is 9.98. The summed E-state index contributed by atoms with van der Waals surface area (Å²) in [4.78, 5) is 48.1. The Morgan fingerprint density at radius 2 is 1.55 bits per heavy atom. The Balaban J connectivity index is 1.66. The minimum Gasteiger partial charge on any atom is -0.481 e. The number of carboxylic acid groups (broad SMARTS) is 1. The lowest BCUT2D eigenvalue weighted by Crippen LogP contribution is -2.53. The summed E-state index contributed by atoms with van der Waals surface area (Å²) in [7, 11) is 0. The van der Waals surface area contributed by atoms with Crippen LogP contribution in [0.2, 0.25) is 0 Å². The number of hydrogen-bond acceptors (Lipinski definition) is 6. The SMILES string of the molecule is CCOC(=O)C(NC(=O)OCC1c2ccccc2-c2ccccc21)C(=O)NCC(C)C(=O)O. The number of nitrogens with one attached hydrogen (secondary N) is 2. The first kappa shape index (κ1) is 23.8. The molecule has 0 aromatic heterocycles. The molecule has 0 bridgehead atoms. The third-order valence-corrected chi connectivity index (χ3v) is 5.39. The third-order valence-electron chi connectivity index (χ3n) is 5.39. The molecule has 3 N–H and O–H groups in total. The van der Waals surface area contributed by atoms with Gasteiger partial charge in [-0.2, -0.15) is 0 Å². The van der Waals surface area contributed by atoms with Crippen LogP contribution in [-0.2, 0) is 23.9 Å². The second-order valence-electron chi connectivity index (χ2n) is 7.64. The number of aliphatic carboxylic acids is 1. The molecule has 9 nitrogen and oxygen atoms in total. The number of alkyl carbamates (subject to hydrolysis) is 1. The predicted molar refractivity (Wildman–Crippen MR) is 118 cm³/mol. The average Bonchev–Trinajstić information content (AvgIpc) is 3.13. The Bertz CT molecular complexity index is 1010. The zero-order valence-electron chi connectivity index (χ0n) is 18.4. The van der Waals surface area contributed by atoms with E-state index in [1.165, 1.54) is 6.92 Å². The molecule has 33 heavy (non-hydrogen) atoms. The van der Waals surface area contributed by atoms with Crippen LogP contribution in [0.4, 0.5) is 4.79 Å². The number of hydrogen-bond donors (Lipinski definition) is 3. The van der Waals surface area contributed by atoms with Gasteiger partial charge in [-0.3, -0.25) is 14.9 Å². The summed E-state index contributed by atoms with van der Waals surface area (Å²) in [5, 5.41) is 13.5. The van der Waals surface area contributed by atoms with Crippen LogP contribution in [-0.4, -0.2) is 54.8 Å². The molecule has 174 valence electrons. The molecule has 0 aliphatic heterocycles. The summed E-state index contributed by atoms with van der Waals surface area (Å²) in [6.45, 7) is 2.76. The number of benzene rings is 2. The fourth-order valence-electron chi connectivity index (χ4n) is 3.66. The fourth-order valence-corrected chi connectivity index (χ4v) is 3.66. The van der Waals surface area contributed by atoms with E-state index < -0.39 is 35.9 Å². The van der Waals surface area contributed by atoms with Gasteiger partial charge in [0.05, 0.1) is 12.5 Å². The van der Waals surface area contributed by atoms with Crippen LogP contribution in [0.3, 0.4) is 0 Å². The first-order chi connectivity index (χ1) is 15.8. The second-order valence-corrected chi connectivity index (χ2v) is 7.64. The zero-order valence-corrected chi connectivity index (χ0v) is 18.4. The maximum absolute atomic E-state index is 12.5. The van der Waals surface area contributed by atoms with Gasteiger partial charge in [0.1, 0.15) is 6.61 Å². The van der Waals surface area contributed by atoms with Crippen molar-refractivity contribution in [3.8, 4) is 11.1 Å². The van der Waals surface area contributed by atoms with E-state index in [0.29, 0.717) is 0 Å². The van der Waals surface area contributed by atoms with Crippen LogP contribution in [0.1, 0.15) is 30.9 Å². The molecule has 0 saturated heterocycles. The Morgan fingerprint density at radius 3 is 2.09 bits per heavy atom. The number of rotatable bonds is 9. The predicted octanol–water partition coefficient (Wildman–Crippen LogP) is 2.29. The molecule has 0 saturated carbocycles. The number of amides is 2. The molecule has 0 radical (unpaired) electrons. The molecule has 0 spiro atoms. The minimum atomic E-state index is -1.67. The largest absolute Gasteiger partial charge is 0.481 e. The van der Waals surface area contributed by atoms with Crippen LogP contribution >= 0.6 is 0 Å². The standard InChI is InChI=1S/C24H26N2O7/c1-3-32-23(30)20(21(27)25-12-14(2)22(28)29)26-24(31)33-13-19-17-10-6-4-8-15(17)16-9-5-7-11-18(16)19/h4-11,14,19-20H,3,12-13H2,1-2H3,(H,25,27)(H,26,31)(H,28,29). The summed E-state index contributed by atoms with van der Waals surface area (Å²) in [5.74, 6) is -4.00. The van der Waals surface area contributed by atoms with E-state index >= 15 is 0 Å². The first-order valence-corrected chi connectivity index (χ1v) is 10.6. The van der Waals surface area contributed by atoms with Gasteiger partial charge in [0.15, 0.2) is 0 Å². The number of fused-ring (bicyclic) bond motifs is 3. The van der Waals surface area contributed by atoms with Crippen molar-refractivity contribution in [2.45, 2.75) is 25.8 Å². The van der Waals surface area contributed by atoms with Crippen molar-refractivity contribution < 1.29 is 33.8 Å². The Hall–Kier alpha value is -3.88. The van der Waals surface area contributed by atoms with Crippen LogP contribution in [0.15, 0.2) is 48.5 Å². The molecule has 0 heterocycles. The molecule has 1 aliphatic rings. The maximum atomic E-state index is 12.5. The summed E-state index contributed by atoms with van der Waals surface area (Å²) in [5.41, 5.74) is 4.18. The van der Waals surface area contributed by atoms with Gasteiger partial charge in [0.2, 0.25) is 6.04 Å². The van der Waals surface area contributed by atoms with Crippen molar-refractivity contribution in [2.75, 3.05) is 19.8 Å². The van der Waals surface area contributed by atoms with Crippen LogP contribution in [0.25, 0.3) is 11.1 Å². The van der Waals surface area contributed by atoms with E-state index in [2.05, 4.69) is 10.6 Å². The Labute approximate surface area is 191 Å². The fraction of sp³-hybridized carbons (Fsp3) is 0.333. The first-order valence-electron chi connectivity index (χ1n) is 10.6. The maximum Gasteiger partial charge on any atom is 0.408 e. The van der Waals surface area contributed by atoms with Crippen molar-refractivity contribution >= 4 is 23.9 Å². The van der Waals surface area contributed by atoms with Crippen molar-refractivity contribution in [3.05, 3.63) is 59.7 Å². The third kappa shape index (κ3) is 5.49. The van der Waals surface area contributed by atoms with Crippen LogP contribution in [0, 0.1) is 5.92 Å². The van der Waals surface area contributed by atoms with E-state index in [0.717, 1.165) is 22.3 Å². The quantitative estimate of drug-likeness (QED) is 0.391. The van der Waals surface area contributed by atoms with Gasteiger partial charge in [-0.25, -0.2) is 9.59 Å². The van der Waals surface area contributed by atoms with Gasteiger partial charge in [-0.15, -0.1) is 0 Å². The monoisotopic (exact) mass is 454 g/mol. The van der Waals surface area contributed by atoms with Gasteiger partial charge < -0.3 is 19.9 Å². The normalized spacial score (nSPS) is 13.8. The van der Waals surface area contributed by atoms with Gasteiger partial charge in [-0.05, 0) is 29.2 Å². The number of carbonyl (C=O) groups excluding carboxylic acids is 3. The Morgan fingerprint density at radius 1 is 0.970 bits per heavy atom.